The predicted octanol–water partition coefficient (Wildman–Crippen LogP) is 4.04. The third-order valence-corrected chi connectivity index (χ3v) is 6.05. The minimum atomic E-state index is -1.95. The van der Waals surface area contributed by atoms with E-state index in [4.69, 9.17) is 17.0 Å². The number of halogens is 2. The molecule has 1 aliphatic carbocycles. The summed E-state index contributed by atoms with van der Waals surface area (Å²) in [5.74, 6) is -2.98. The molecule has 2 aliphatic rings. The SMILES string of the molecule is CCCN1CC=C2C(C#N)C(=N)C(C#N)(C#N)[C@@H](c3c(F)cccc3Cl)[C@H]2C1. The van der Waals surface area contributed by atoms with Gasteiger partial charge in [0.05, 0.1) is 23.9 Å². The summed E-state index contributed by atoms with van der Waals surface area (Å²) >= 11 is 6.32. The molecule has 0 saturated heterocycles. The van der Waals surface area contributed by atoms with Crippen LogP contribution in [0, 0.1) is 62.5 Å². The lowest BCUT2D eigenvalue weighted by Crippen LogP contribution is -2.53. The van der Waals surface area contributed by atoms with Crippen LogP contribution in [-0.2, 0) is 0 Å². The zero-order valence-electron chi connectivity index (χ0n) is 15.4. The summed E-state index contributed by atoms with van der Waals surface area (Å²) < 4.78 is 14.9. The van der Waals surface area contributed by atoms with Crippen molar-refractivity contribution >= 4 is 17.3 Å². The Bertz CT molecular complexity index is 930. The van der Waals surface area contributed by atoms with Crippen molar-refractivity contribution in [2.75, 3.05) is 19.6 Å². The van der Waals surface area contributed by atoms with E-state index < -0.39 is 29.0 Å². The lowest BCUT2D eigenvalue weighted by molar-refractivity contribution is 0.202. The van der Waals surface area contributed by atoms with Gasteiger partial charge in [-0.3, -0.25) is 4.90 Å². The zero-order valence-corrected chi connectivity index (χ0v) is 16.2. The zero-order chi connectivity index (χ0) is 20.5. The van der Waals surface area contributed by atoms with Gasteiger partial charge in [0.25, 0.3) is 0 Å². The highest BCUT2D eigenvalue weighted by atomic mass is 35.5. The Morgan fingerprint density at radius 3 is 2.61 bits per heavy atom. The molecule has 1 aliphatic heterocycles. The van der Waals surface area contributed by atoms with Gasteiger partial charge in [-0.25, -0.2) is 4.39 Å². The highest BCUT2D eigenvalue weighted by Crippen LogP contribution is 2.55. The highest BCUT2D eigenvalue weighted by Gasteiger charge is 2.58. The highest BCUT2D eigenvalue weighted by molar-refractivity contribution is 6.31. The maximum absolute atomic E-state index is 14.9. The number of fused-ring (bicyclic) bond motifs is 1. The van der Waals surface area contributed by atoms with Crippen molar-refractivity contribution in [3.63, 3.8) is 0 Å². The molecule has 1 heterocycles. The van der Waals surface area contributed by atoms with Crippen LogP contribution in [0.5, 0.6) is 0 Å². The predicted molar refractivity (Wildman–Crippen MR) is 103 cm³/mol. The topological polar surface area (TPSA) is 98.5 Å². The van der Waals surface area contributed by atoms with Crippen LogP contribution in [-0.4, -0.2) is 30.2 Å². The van der Waals surface area contributed by atoms with E-state index in [1.807, 2.05) is 25.1 Å². The summed E-state index contributed by atoms with van der Waals surface area (Å²) in [6, 6.07) is 10.2. The first-order chi connectivity index (χ1) is 13.4. The smallest absolute Gasteiger partial charge is 0.189 e. The number of rotatable bonds is 3. The van der Waals surface area contributed by atoms with E-state index in [0.29, 0.717) is 18.7 Å². The van der Waals surface area contributed by atoms with Crippen molar-refractivity contribution < 1.29 is 4.39 Å². The van der Waals surface area contributed by atoms with Gasteiger partial charge in [-0.15, -0.1) is 0 Å². The number of nitrogens with zero attached hydrogens (tertiary/aromatic N) is 4. The molecular formula is C21H19ClFN5. The number of benzene rings is 1. The minimum absolute atomic E-state index is 0.0719. The minimum Gasteiger partial charge on any atom is -0.305 e. The van der Waals surface area contributed by atoms with Crippen LogP contribution in [0.1, 0.15) is 24.8 Å². The molecule has 0 aromatic heterocycles. The summed E-state index contributed by atoms with van der Waals surface area (Å²) in [6.07, 6.45) is 2.81. The maximum atomic E-state index is 14.9. The summed E-state index contributed by atoms with van der Waals surface area (Å²) in [7, 11) is 0. The van der Waals surface area contributed by atoms with Crippen molar-refractivity contribution in [3.05, 3.63) is 46.3 Å². The third kappa shape index (κ3) is 2.89. The van der Waals surface area contributed by atoms with Gasteiger partial charge in [0.15, 0.2) is 5.41 Å². The van der Waals surface area contributed by atoms with Gasteiger partial charge < -0.3 is 5.41 Å². The fourth-order valence-corrected chi connectivity index (χ4v) is 4.77. The largest absolute Gasteiger partial charge is 0.305 e. The van der Waals surface area contributed by atoms with E-state index in [1.54, 1.807) is 0 Å². The monoisotopic (exact) mass is 395 g/mol. The molecule has 28 heavy (non-hydrogen) atoms. The molecule has 0 bridgehead atoms. The van der Waals surface area contributed by atoms with Gasteiger partial charge in [0.1, 0.15) is 11.7 Å². The van der Waals surface area contributed by atoms with Crippen molar-refractivity contribution in [2.45, 2.75) is 19.3 Å². The third-order valence-electron chi connectivity index (χ3n) is 5.72. The molecule has 7 heteroatoms. The van der Waals surface area contributed by atoms with E-state index in [9.17, 15) is 20.2 Å². The summed E-state index contributed by atoms with van der Waals surface area (Å²) in [6.45, 7) is 3.95. The van der Waals surface area contributed by atoms with Crippen molar-refractivity contribution in [3.8, 4) is 18.2 Å². The summed E-state index contributed by atoms with van der Waals surface area (Å²) in [5.41, 5.74) is -1.49. The van der Waals surface area contributed by atoms with Gasteiger partial charge in [-0.2, -0.15) is 15.8 Å². The number of nitriles is 3. The van der Waals surface area contributed by atoms with E-state index in [1.165, 1.54) is 18.2 Å². The van der Waals surface area contributed by atoms with E-state index in [0.717, 1.165) is 13.0 Å². The second-order valence-electron chi connectivity index (χ2n) is 7.19. The molecule has 1 saturated carbocycles. The Morgan fingerprint density at radius 2 is 2.04 bits per heavy atom. The molecule has 1 unspecified atom stereocenters. The normalized spacial score (nSPS) is 26.4. The van der Waals surface area contributed by atoms with Crippen molar-refractivity contribution in [1.82, 2.24) is 4.90 Å². The molecule has 3 atom stereocenters. The quantitative estimate of drug-likeness (QED) is 0.780. The Balaban J connectivity index is 2.29. The Kier molecular flexibility index (Phi) is 5.52. The number of hydrogen-bond donors (Lipinski definition) is 1. The van der Waals surface area contributed by atoms with Crippen LogP contribution in [0.15, 0.2) is 29.8 Å². The molecule has 5 nitrogen and oxygen atoms in total. The van der Waals surface area contributed by atoms with Crippen LogP contribution in [0.3, 0.4) is 0 Å². The second-order valence-corrected chi connectivity index (χ2v) is 7.60. The van der Waals surface area contributed by atoms with Crippen molar-refractivity contribution in [2.24, 2.45) is 17.3 Å². The Labute approximate surface area is 168 Å². The molecule has 142 valence electrons. The fourth-order valence-electron chi connectivity index (χ4n) is 4.49. The number of nitrogens with one attached hydrogen (secondary N) is 1. The van der Waals surface area contributed by atoms with Crippen LogP contribution < -0.4 is 0 Å². The number of hydrogen-bond acceptors (Lipinski definition) is 5. The first kappa shape index (κ1) is 20.0. The summed E-state index contributed by atoms with van der Waals surface area (Å²) in [4.78, 5) is 2.15. The average molecular weight is 396 g/mol. The first-order valence-corrected chi connectivity index (χ1v) is 9.50. The van der Waals surface area contributed by atoms with Gasteiger partial charge in [-0.1, -0.05) is 30.7 Å². The van der Waals surface area contributed by atoms with Crippen LogP contribution >= 0.6 is 11.6 Å². The molecule has 0 spiro atoms. The Morgan fingerprint density at radius 1 is 1.32 bits per heavy atom. The lowest BCUT2D eigenvalue weighted by Gasteiger charge is -2.48. The van der Waals surface area contributed by atoms with Crippen LogP contribution in [0.4, 0.5) is 4.39 Å². The van der Waals surface area contributed by atoms with E-state index in [-0.39, 0.29) is 16.3 Å². The van der Waals surface area contributed by atoms with Crippen LogP contribution in [0.2, 0.25) is 5.02 Å². The molecule has 1 aromatic carbocycles. The second kappa shape index (κ2) is 7.72. The first-order valence-electron chi connectivity index (χ1n) is 9.12. The molecule has 0 radical (unpaired) electrons. The van der Waals surface area contributed by atoms with E-state index >= 15 is 0 Å². The maximum Gasteiger partial charge on any atom is 0.189 e. The molecule has 1 fully saturated rings. The lowest BCUT2D eigenvalue weighted by atomic mass is 9.54. The van der Waals surface area contributed by atoms with Gasteiger partial charge in [-0.05, 0) is 30.7 Å². The Hall–Kier alpha value is -2.72. The standard InChI is InChI=1S/C21H19ClFN5/c1-2-7-28-8-6-13-14(9-24)20(27)21(11-25,12-26)19(15(13)10-28)18-16(22)4-3-5-17(18)23/h3-6,14-15,19,27H,2,7-8,10H2,1H3/t14?,15-,19+/m0/s1. The molecular weight excluding hydrogens is 377 g/mol. The summed E-state index contributed by atoms with van der Waals surface area (Å²) in [5, 5.41) is 38.3. The van der Waals surface area contributed by atoms with Gasteiger partial charge in [0, 0.05) is 35.5 Å². The van der Waals surface area contributed by atoms with Gasteiger partial charge >= 0.3 is 0 Å². The molecule has 1 aromatic rings. The molecule has 0 amide bonds. The van der Waals surface area contributed by atoms with E-state index in [2.05, 4.69) is 11.0 Å². The van der Waals surface area contributed by atoms with Gasteiger partial charge in [0.2, 0.25) is 0 Å². The molecule has 1 N–H and O–H groups in total. The average Bonchev–Trinajstić information content (AvgIpc) is 2.69. The fraction of sp³-hybridized carbons (Fsp3) is 0.429. The van der Waals surface area contributed by atoms with Crippen molar-refractivity contribution in [1.29, 1.82) is 21.2 Å². The molecule has 3 rings (SSSR count). The van der Waals surface area contributed by atoms with Crippen LogP contribution in [0.25, 0.3) is 0 Å².